The molecular formula is C13H14Li2NO2P. The Morgan fingerprint density at radius 2 is 1.68 bits per heavy atom. The van der Waals surface area contributed by atoms with Gasteiger partial charge in [0.05, 0.1) is 0 Å². The number of benzene rings is 2. The van der Waals surface area contributed by atoms with E-state index < -0.39 is 0 Å². The third kappa shape index (κ3) is 4.44. The molecule has 0 saturated carbocycles. The molecule has 2 aromatic carbocycles. The van der Waals surface area contributed by atoms with Crippen molar-refractivity contribution < 1.29 is 42.8 Å². The van der Waals surface area contributed by atoms with Crippen LogP contribution in [0.2, 0.25) is 0 Å². The maximum atomic E-state index is 12.1. The Hall–Kier alpha value is -0.115. The Morgan fingerprint density at radius 3 is 2.32 bits per heavy atom. The maximum Gasteiger partial charge on any atom is 1.00 e. The summed E-state index contributed by atoms with van der Waals surface area (Å²) in [5, 5.41) is 26.3. The third-order valence-corrected chi connectivity index (χ3v) is 3.36. The van der Waals surface area contributed by atoms with E-state index in [9.17, 15) is 10.3 Å². The van der Waals surface area contributed by atoms with Crippen LogP contribution in [0.15, 0.2) is 36.4 Å². The van der Waals surface area contributed by atoms with Crippen LogP contribution in [0, 0.1) is 5.21 Å². The molecule has 0 heterocycles. The molecule has 0 fully saturated rings. The van der Waals surface area contributed by atoms with E-state index in [1.807, 2.05) is 37.6 Å². The first-order valence-electron chi connectivity index (χ1n) is 5.38. The fraction of sp³-hybridized carbons (Fsp3) is 0.231. The number of hydrogen-bond acceptors (Lipinski definition) is 3. The van der Waals surface area contributed by atoms with E-state index in [2.05, 4.69) is 0 Å². The standard InChI is InChI=1S/C13H15NO2P.2Li/c1-17(2)9-14(16)12-8-7-10-5-3-4-6-11(10)13(12)15;;/h3-8,15H,9H2,1-2H3;;/q-1;2*+1/p-1. The van der Waals surface area contributed by atoms with Gasteiger partial charge in [-0.3, -0.25) is 0 Å². The topological polar surface area (TPSA) is 49.4 Å². The van der Waals surface area contributed by atoms with Gasteiger partial charge in [0.2, 0.25) is 0 Å². The van der Waals surface area contributed by atoms with Crippen LogP contribution in [-0.4, -0.2) is 19.6 Å². The predicted octanol–water partition coefficient (Wildman–Crippen LogP) is -3.08. The molecule has 0 unspecified atom stereocenters. The molecule has 0 aliphatic heterocycles. The van der Waals surface area contributed by atoms with Gasteiger partial charge in [0.1, 0.15) is 0 Å². The minimum absolute atomic E-state index is 0. The first-order chi connectivity index (χ1) is 8.09. The van der Waals surface area contributed by atoms with Crippen molar-refractivity contribution in [2.75, 3.05) is 24.7 Å². The molecule has 2 aromatic rings. The third-order valence-electron chi connectivity index (χ3n) is 2.54. The zero-order chi connectivity index (χ0) is 12.4. The summed E-state index contributed by atoms with van der Waals surface area (Å²) in [6.45, 7) is 4.04. The molecule has 0 amide bonds. The Bertz CT molecular complexity index is 537. The van der Waals surface area contributed by atoms with E-state index in [0.29, 0.717) is 11.7 Å². The normalized spacial score (nSPS) is 9.89. The molecule has 0 atom stereocenters. The Morgan fingerprint density at radius 1 is 1.05 bits per heavy atom. The minimum atomic E-state index is -0.345. The van der Waals surface area contributed by atoms with Gasteiger partial charge in [-0.05, 0) is 30.2 Å². The van der Waals surface area contributed by atoms with Gasteiger partial charge in [-0.15, -0.1) is 0 Å². The van der Waals surface area contributed by atoms with Crippen molar-refractivity contribution >= 4 is 24.4 Å². The van der Waals surface area contributed by atoms with E-state index in [1.165, 1.54) is 0 Å². The van der Waals surface area contributed by atoms with Crippen LogP contribution in [0.3, 0.4) is 0 Å². The average molecular weight is 261 g/mol. The number of fused-ring (bicyclic) bond motifs is 1. The average Bonchev–Trinajstić information content (AvgIpc) is 2.28. The number of rotatable bonds is 3. The van der Waals surface area contributed by atoms with Gasteiger partial charge in [-0.25, -0.2) is 0 Å². The SMILES string of the molecule is CP(C)CN([O-])c1ccc2ccccc2c1[O-].[Li+].[Li+]. The van der Waals surface area contributed by atoms with Crippen molar-refractivity contribution in [2.45, 2.75) is 0 Å². The molecule has 0 radical (unpaired) electrons. The van der Waals surface area contributed by atoms with Crippen molar-refractivity contribution in [2.24, 2.45) is 0 Å². The van der Waals surface area contributed by atoms with Crippen LogP contribution < -0.4 is 47.9 Å². The fourth-order valence-corrected chi connectivity index (χ4v) is 2.43. The minimum Gasteiger partial charge on any atom is -0.871 e. The molecule has 19 heavy (non-hydrogen) atoms. The molecule has 3 nitrogen and oxygen atoms in total. The van der Waals surface area contributed by atoms with E-state index in [1.54, 1.807) is 12.1 Å². The van der Waals surface area contributed by atoms with Gasteiger partial charge < -0.3 is 15.4 Å². The molecule has 6 heteroatoms. The zero-order valence-corrected chi connectivity index (χ0v) is 12.8. The van der Waals surface area contributed by atoms with Crippen molar-refractivity contribution in [3.63, 3.8) is 0 Å². The van der Waals surface area contributed by atoms with E-state index in [4.69, 9.17) is 0 Å². The van der Waals surface area contributed by atoms with Gasteiger partial charge >= 0.3 is 37.7 Å². The van der Waals surface area contributed by atoms with Crippen molar-refractivity contribution in [1.29, 1.82) is 0 Å². The molecule has 0 aliphatic rings. The second-order valence-electron chi connectivity index (χ2n) is 4.23. The van der Waals surface area contributed by atoms with Crippen LogP contribution in [0.4, 0.5) is 5.69 Å². The molecular weight excluding hydrogens is 247 g/mol. The number of hydroxylamine groups is 1. The van der Waals surface area contributed by atoms with Crippen LogP contribution >= 0.6 is 7.92 Å². The van der Waals surface area contributed by atoms with Crippen LogP contribution in [0.5, 0.6) is 5.75 Å². The van der Waals surface area contributed by atoms with Crippen molar-refractivity contribution in [3.8, 4) is 5.75 Å². The van der Waals surface area contributed by atoms with Gasteiger partial charge in [-0.1, -0.05) is 44.0 Å². The summed E-state index contributed by atoms with van der Waals surface area (Å²) in [6.07, 6.45) is 0.406. The van der Waals surface area contributed by atoms with Gasteiger partial charge in [0.25, 0.3) is 0 Å². The summed E-state index contributed by atoms with van der Waals surface area (Å²) < 4.78 is 0. The molecule has 0 spiro atoms. The number of anilines is 1. The summed E-state index contributed by atoms with van der Waals surface area (Å²) in [7, 11) is -0.345. The molecule has 2 rings (SSSR count). The number of hydrogen-bond donors (Lipinski definition) is 0. The van der Waals surface area contributed by atoms with E-state index >= 15 is 0 Å². The fourth-order valence-electron chi connectivity index (χ4n) is 1.76. The molecule has 0 aliphatic carbocycles. The van der Waals surface area contributed by atoms with E-state index in [0.717, 1.165) is 10.4 Å². The van der Waals surface area contributed by atoms with Crippen molar-refractivity contribution in [3.05, 3.63) is 41.6 Å². The smallest absolute Gasteiger partial charge is 0.871 e. The van der Waals surface area contributed by atoms with Crippen molar-refractivity contribution in [1.82, 2.24) is 0 Å². The van der Waals surface area contributed by atoms with Crippen LogP contribution in [0.1, 0.15) is 0 Å². The molecule has 0 bridgehead atoms. The first kappa shape index (κ1) is 18.9. The zero-order valence-electron chi connectivity index (χ0n) is 11.9. The molecule has 0 aromatic heterocycles. The Kier molecular flexibility index (Phi) is 8.18. The van der Waals surface area contributed by atoms with Gasteiger partial charge in [0, 0.05) is 12.0 Å². The van der Waals surface area contributed by atoms with Crippen LogP contribution in [0.25, 0.3) is 10.8 Å². The van der Waals surface area contributed by atoms with Crippen LogP contribution in [-0.2, 0) is 0 Å². The summed E-state index contributed by atoms with van der Waals surface area (Å²) in [6, 6.07) is 10.8. The quantitative estimate of drug-likeness (QED) is 0.334. The second kappa shape index (κ2) is 8.23. The Labute approximate surface area is 139 Å². The number of nitrogens with zero attached hydrogens (tertiary/aromatic N) is 1. The predicted molar refractivity (Wildman–Crippen MR) is 72.9 cm³/mol. The Balaban J connectivity index is 0.00000162. The van der Waals surface area contributed by atoms with E-state index in [-0.39, 0.29) is 57.1 Å². The monoisotopic (exact) mass is 261 g/mol. The molecule has 0 N–H and O–H groups in total. The maximum absolute atomic E-state index is 12.1. The molecule has 0 saturated heterocycles. The largest absolute Gasteiger partial charge is 1.00 e. The summed E-state index contributed by atoms with van der Waals surface area (Å²) >= 11 is 0. The van der Waals surface area contributed by atoms with Gasteiger partial charge in [0.15, 0.2) is 0 Å². The summed E-state index contributed by atoms with van der Waals surface area (Å²) in [4.78, 5) is 0. The summed E-state index contributed by atoms with van der Waals surface area (Å²) in [5.74, 6) is -0.171. The molecule has 90 valence electrons. The summed E-state index contributed by atoms with van der Waals surface area (Å²) in [5.41, 5.74) is 0.250. The first-order valence-corrected chi connectivity index (χ1v) is 7.80. The second-order valence-corrected chi connectivity index (χ2v) is 6.68. The van der Waals surface area contributed by atoms with Gasteiger partial charge in [-0.2, -0.15) is 0 Å².